The molecule has 5 aromatic rings. The van der Waals surface area contributed by atoms with Crippen molar-refractivity contribution < 1.29 is 42.0 Å². The van der Waals surface area contributed by atoms with Crippen LogP contribution >= 0.6 is 0 Å². The number of pyridine rings is 2. The summed E-state index contributed by atoms with van der Waals surface area (Å²) in [5, 5.41) is 11.9. The second-order valence-corrected chi connectivity index (χ2v) is 12.0. The molecule has 238 valence electrons. The molecule has 0 radical (unpaired) electrons. The summed E-state index contributed by atoms with van der Waals surface area (Å²) in [4.78, 5) is 22.2. The van der Waals surface area contributed by atoms with Crippen LogP contribution in [0.2, 0.25) is 0 Å². The molecule has 1 unspecified atom stereocenters. The van der Waals surface area contributed by atoms with Gasteiger partial charge in [-0.3, -0.25) is 4.98 Å². The number of ether oxygens (including phenoxy) is 4. The highest BCUT2D eigenvalue weighted by molar-refractivity contribution is 6.08. The molecular formula is C35H31F3N2O6. The van der Waals surface area contributed by atoms with Crippen molar-refractivity contribution >= 4 is 27.8 Å². The molecule has 0 bridgehead atoms. The zero-order valence-corrected chi connectivity index (χ0v) is 25.6. The first-order chi connectivity index (χ1) is 21.8. The average Bonchev–Trinajstić information content (AvgIpc) is 2.98. The van der Waals surface area contributed by atoms with Crippen molar-refractivity contribution in [2.24, 2.45) is 0 Å². The minimum absolute atomic E-state index is 0.163. The molecule has 1 N–H and O–H groups in total. The number of hydrogen-bond donors (Lipinski definition) is 1. The Morgan fingerprint density at radius 1 is 1.07 bits per heavy atom. The van der Waals surface area contributed by atoms with Crippen molar-refractivity contribution in [2.75, 3.05) is 6.61 Å². The molecule has 6 rings (SSSR count). The smallest absolute Gasteiger partial charge is 0.493 e. The second kappa shape index (κ2) is 11.8. The molecular weight excluding hydrogens is 601 g/mol. The van der Waals surface area contributed by atoms with Crippen LogP contribution in [-0.2, 0) is 22.6 Å². The molecule has 11 heteroatoms. The van der Waals surface area contributed by atoms with Crippen LogP contribution in [0.5, 0.6) is 17.4 Å². The van der Waals surface area contributed by atoms with Crippen LogP contribution in [0, 0.1) is 6.92 Å². The normalized spacial score (nSPS) is 13.8. The molecule has 1 aliphatic rings. The lowest BCUT2D eigenvalue weighted by molar-refractivity contribution is -0.275. The summed E-state index contributed by atoms with van der Waals surface area (Å²) in [5.41, 5.74) is 3.99. The number of aliphatic carboxylic acids is 1. The average molecular weight is 633 g/mol. The predicted octanol–water partition coefficient (Wildman–Crippen LogP) is 8.11. The Balaban J connectivity index is 1.51. The number of carbonyl (C=O) groups is 1. The van der Waals surface area contributed by atoms with Gasteiger partial charge in [0.2, 0.25) is 5.88 Å². The van der Waals surface area contributed by atoms with E-state index in [0.717, 1.165) is 10.9 Å². The molecule has 0 amide bonds. The lowest BCUT2D eigenvalue weighted by Crippen LogP contribution is -2.28. The van der Waals surface area contributed by atoms with Gasteiger partial charge in [0.15, 0.2) is 6.10 Å². The largest absolute Gasteiger partial charge is 0.573 e. The summed E-state index contributed by atoms with van der Waals surface area (Å²) in [6, 6.07) is 16.5. The van der Waals surface area contributed by atoms with Gasteiger partial charge >= 0.3 is 12.3 Å². The van der Waals surface area contributed by atoms with E-state index in [1.54, 1.807) is 58.2 Å². The van der Waals surface area contributed by atoms with Gasteiger partial charge in [0.1, 0.15) is 18.1 Å². The number of alkyl halides is 3. The molecule has 0 saturated carbocycles. The van der Waals surface area contributed by atoms with Gasteiger partial charge < -0.3 is 24.1 Å². The van der Waals surface area contributed by atoms with Crippen molar-refractivity contribution in [3.8, 4) is 28.5 Å². The Kier molecular flexibility index (Phi) is 7.97. The molecule has 0 saturated heterocycles. The number of para-hydroxylation sites is 1. The van der Waals surface area contributed by atoms with Gasteiger partial charge in [-0.25, -0.2) is 9.78 Å². The third-order valence-electron chi connectivity index (χ3n) is 7.59. The van der Waals surface area contributed by atoms with Gasteiger partial charge in [0.25, 0.3) is 0 Å². The van der Waals surface area contributed by atoms with E-state index in [0.29, 0.717) is 57.5 Å². The van der Waals surface area contributed by atoms with Crippen molar-refractivity contribution in [3.05, 3.63) is 89.1 Å². The highest BCUT2D eigenvalue weighted by atomic mass is 19.4. The van der Waals surface area contributed by atoms with Gasteiger partial charge in [0, 0.05) is 46.1 Å². The molecule has 2 aromatic heterocycles. The van der Waals surface area contributed by atoms with Crippen LogP contribution in [0.3, 0.4) is 0 Å². The maximum Gasteiger partial charge on any atom is 0.573 e. The minimum Gasteiger partial charge on any atom is -0.493 e. The molecule has 3 aromatic carbocycles. The predicted molar refractivity (Wildman–Crippen MR) is 165 cm³/mol. The number of halogens is 3. The van der Waals surface area contributed by atoms with Crippen LogP contribution in [0.15, 0.2) is 66.9 Å². The van der Waals surface area contributed by atoms with Crippen LogP contribution < -0.4 is 14.2 Å². The summed E-state index contributed by atoms with van der Waals surface area (Å²) >= 11 is 0. The summed E-state index contributed by atoms with van der Waals surface area (Å²) in [5.74, 6) is -0.644. The maximum absolute atomic E-state index is 12.9. The van der Waals surface area contributed by atoms with Crippen LogP contribution in [0.25, 0.3) is 32.9 Å². The number of hydrogen-bond acceptors (Lipinski definition) is 7. The Labute approximate surface area is 262 Å². The third-order valence-corrected chi connectivity index (χ3v) is 7.59. The Morgan fingerprint density at radius 3 is 2.59 bits per heavy atom. The van der Waals surface area contributed by atoms with E-state index in [1.165, 1.54) is 18.2 Å². The van der Waals surface area contributed by atoms with E-state index in [9.17, 15) is 23.1 Å². The number of aromatic nitrogens is 2. The Bertz CT molecular complexity index is 1960. The Hall–Kier alpha value is -4.90. The first-order valence-electron chi connectivity index (χ1n) is 14.6. The van der Waals surface area contributed by atoms with E-state index in [-0.39, 0.29) is 23.8 Å². The van der Waals surface area contributed by atoms with Gasteiger partial charge in [0.05, 0.1) is 23.2 Å². The van der Waals surface area contributed by atoms with Crippen molar-refractivity contribution in [1.29, 1.82) is 0 Å². The van der Waals surface area contributed by atoms with Crippen LogP contribution in [-0.4, -0.2) is 39.6 Å². The molecule has 8 nitrogen and oxygen atoms in total. The zero-order valence-electron chi connectivity index (χ0n) is 25.6. The van der Waals surface area contributed by atoms with Crippen molar-refractivity contribution in [1.82, 2.24) is 9.97 Å². The molecule has 0 aliphatic carbocycles. The number of fused-ring (bicyclic) bond motifs is 1. The summed E-state index contributed by atoms with van der Waals surface area (Å²) < 4.78 is 60.9. The number of nitrogens with zero attached hydrogens (tertiary/aromatic N) is 2. The van der Waals surface area contributed by atoms with Crippen LogP contribution in [0.4, 0.5) is 13.2 Å². The summed E-state index contributed by atoms with van der Waals surface area (Å²) in [6.07, 6.45) is -3.72. The molecule has 1 atom stereocenters. The van der Waals surface area contributed by atoms with E-state index in [2.05, 4.69) is 9.72 Å². The summed E-state index contributed by atoms with van der Waals surface area (Å²) in [6.45, 7) is 7.50. The number of carboxylic acids is 1. The van der Waals surface area contributed by atoms with Gasteiger partial charge in [-0.05, 0) is 80.8 Å². The third kappa shape index (κ3) is 6.28. The zero-order chi connectivity index (χ0) is 32.8. The number of benzene rings is 3. The lowest BCUT2D eigenvalue weighted by Gasteiger charge is -2.29. The second-order valence-electron chi connectivity index (χ2n) is 12.0. The monoisotopic (exact) mass is 632 g/mol. The van der Waals surface area contributed by atoms with E-state index < -0.39 is 24.0 Å². The SMILES string of the molecule is Cc1cc2nc(OCc3ccccc3OC(F)(F)F)ccc2c(-c2ccc3c4c(ccnc24)CCO3)c1C(OC(C)(C)C)C(=O)O. The Morgan fingerprint density at radius 2 is 1.85 bits per heavy atom. The molecule has 0 fully saturated rings. The first kappa shape index (κ1) is 31.1. The van der Waals surface area contributed by atoms with Gasteiger partial charge in [-0.2, -0.15) is 0 Å². The summed E-state index contributed by atoms with van der Waals surface area (Å²) in [7, 11) is 0. The number of rotatable bonds is 8. The minimum atomic E-state index is -4.85. The number of carboxylic acid groups (broad SMARTS) is 1. The topological polar surface area (TPSA) is 100 Å². The maximum atomic E-state index is 12.9. The van der Waals surface area contributed by atoms with Gasteiger partial charge in [-0.15, -0.1) is 13.2 Å². The van der Waals surface area contributed by atoms with Crippen molar-refractivity contribution in [2.45, 2.75) is 58.8 Å². The molecule has 0 spiro atoms. The molecule has 1 aliphatic heterocycles. The fourth-order valence-electron chi connectivity index (χ4n) is 5.80. The fourth-order valence-corrected chi connectivity index (χ4v) is 5.80. The number of aryl methyl sites for hydroxylation is 1. The van der Waals surface area contributed by atoms with Gasteiger partial charge in [-0.1, -0.05) is 18.2 Å². The highest BCUT2D eigenvalue weighted by Crippen LogP contribution is 2.45. The quantitative estimate of drug-likeness (QED) is 0.183. The molecule has 46 heavy (non-hydrogen) atoms. The van der Waals surface area contributed by atoms with E-state index >= 15 is 0 Å². The first-order valence-corrected chi connectivity index (χ1v) is 14.6. The lowest BCUT2D eigenvalue weighted by atomic mass is 9.86. The van der Waals surface area contributed by atoms with E-state index in [4.69, 9.17) is 19.2 Å². The van der Waals surface area contributed by atoms with E-state index in [1.807, 2.05) is 18.2 Å². The van der Waals surface area contributed by atoms with Crippen molar-refractivity contribution in [3.63, 3.8) is 0 Å². The van der Waals surface area contributed by atoms with Crippen LogP contribution in [0.1, 0.15) is 49.1 Å². The highest BCUT2D eigenvalue weighted by Gasteiger charge is 2.34. The fraction of sp³-hybridized carbons (Fsp3) is 0.286. The standard InChI is InChI=1S/C35H31F3N2O6/c1-19-17-24-22(10-12-27(40-24)44-18-21-7-5-6-8-25(21)45-35(36,37)38)30(28(19)32(33(41)42)46-34(2,3)4)23-9-11-26-29-20(14-16-43-26)13-15-39-31(23)29/h5-13,15,17,32H,14,16,18H2,1-4H3,(H,41,42). The molecule has 3 heterocycles.